The number of rotatable bonds is 5. The number of imide groups is 1. The zero-order chi connectivity index (χ0) is 10.8. The maximum Gasteiger partial charge on any atom is 0.229 e. The molecule has 1 unspecified atom stereocenters. The normalized spacial score (nSPS) is 23.7. The van der Waals surface area contributed by atoms with Crippen molar-refractivity contribution in [1.29, 1.82) is 0 Å². The third kappa shape index (κ3) is 2.76. The van der Waals surface area contributed by atoms with Crippen molar-refractivity contribution < 1.29 is 14.7 Å². The number of hydrogen-bond donors (Lipinski definition) is 2. The first-order valence-corrected chi connectivity index (χ1v) is 5.41. The van der Waals surface area contributed by atoms with Gasteiger partial charge in [-0.1, -0.05) is 0 Å². The third-order valence-electron chi connectivity index (χ3n) is 2.77. The Morgan fingerprint density at radius 2 is 1.93 bits per heavy atom. The number of hydrogen-bond acceptors (Lipinski definition) is 4. The van der Waals surface area contributed by atoms with Crippen LogP contribution in [-0.2, 0) is 9.59 Å². The van der Waals surface area contributed by atoms with E-state index in [0.29, 0.717) is 25.4 Å². The second kappa shape index (κ2) is 4.28. The summed E-state index contributed by atoms with van der Waals surface area (Å²) in [5.41, 5.74) is 0. The molecule has 2 amide bonds. The van der Waals surface area contributed by atoms with Crippen molar-refractivity contribution in [1.82, 2.24) is 10.2 Å². The van der Waals surface area contributed by atoms with Gasteiger partial charge in [-0.05, 0) is 12.8 Å². The number of nitrogens with one attached hydrogen (secondary N) is 1. The molecule has 1 heterocycles. The number of amides is 2. The van der Waals surface area contributed by atoms with Crippen molar-refractivity contribution in [2.24, 2.45) is 0 Å². The minimum Gasteiger partial charge on any atom is -0.390 e. The molecule has 15 heavy (non-hydrogen) atoms. The maximum absolute atomic E-state index is 11.2. The lowest BCUT2D eigenvalue weighted by Gasteiger charge is -2.18. The summed E-state index contributed by atoms with van der Waals surface area (Å²) in [5, 5.41) is 12.8. The number of carbonyl (C=O) groups is 2. The Hall–Kier alpha value is -0.940. The third-order valence-corrected chi connectivity index (χ3v) is 2.77. The summed E-state index contributed by atoms with van der Waals surface area (Å²) in [5.74, 6) is -0.323. The molecular formula is C10H16N2O3. The molecule has 1 aliphatic heterocycles. The fraction of sp³-hybridized carbons (Fsp3) is 0.800. The SMILES string of the molecule is O=C1CCC(=O)N1CC(O)CNC1CC1. The van der Waals surface area contributed by atoms with Crippen LogP contribution in [0.3, 0.4) is 0 Å². The lowest BCUT2D eigenvalue weighted by atomic mass is 10.3. The molecule has 5 nitrogen and oxygen atoms in total. The first-order valence-electron chi connectivity index (χ1n) is 5.41. The largest absolute Gasteiger partial charge is 0.390 e. The Balaban J connectivity index is 1.73. The highest BCUT2D eigenvalue weighted by Gasteiger charge is 2.30. The second-order valence-corrected chi connectivity index (χ2v) is 4.23. The lowest BCUT2D eigenvalue weighted by molar-refractivity contribution is -0.139. The standard InChI is InChI=1S/C10H16N2O3/c13-8(5-11-7-1-2-7)6-12-9(14)3-4-10(12)15/h7-8,11,13H,1-6H2. The Morgan fingerprint density at radius 3 is 2.47 bits per heavy atom. The van der Waals surface area contributed by atoms with Crippen LogP contribution in [0.25, 0.3) is 0 Å². The van der Waals surface area contributed by atoms with E-state index in [0.717, 1.165) is 12.8 Å². The molecule has 0 aromatic rings. The molecule has 2 fully saturated rings. The van der Waals surface area contributed by atoms with E-state index in [-0.39, 0.29) is 18.4 Å². The lowest BCUT2D eigenvalue weighted by Crippen LogP contribution is -2.41. The molecule has 2 N–H and O–H groups in total. The smallest absolute Gasteiger partial charge is 0.229 e. The number of aliphatic hydroxyl groups excluding tert-OH is 1. The second-order valence-electron chi connectivity index (χ2n) is 4.23. The van der Waals surface area contributed by atoms with Crippen LogP contribution in [0.15, 0.2) is 0 Å². The average Bonchev–Trinajstić information content (AvgIpc) is 2.98. The Morgan fingerprint density at radius 1 is 1.33 bits per heavy atom. The van der Waals surface area contributed by atoms with Crippen molar-refractivity contribution in [2.45, 2.75) is 37.8 Å². The van der Waals surface area contributed by atoms with Crippen LogP contribution in [0, 0.1) is 0 Å². The Bertz CT molecular complexity index is 260. The highest BCUT2D eigenvalue weighted by molar-refractivity contribution is 6.01. The van der Waals surface area contributed by atoms with E-state index in [4.69, 9.17) is 0 Å². The molecular weight excluding hydrogens is 196 g/mol. The number of nitrogens with zero attached hydrogens (tertiary/aromatic N) is 1. The summed E-state index contributed by atoms with van der Waals surface area (Å²) in [4.78, 5) is 23.7. The predicted octanol–water partition coefficient (Wildman–Crippen LogP) is -0.752. The first-order chi connectivity index (χ1) is 7.16. The van der Waals surface area contributed by atoms with Crippen molar-refractivity contribution >= 4 is 11.8 Å². The molecule has 0 spiro atoms. The predicted molar refractivity (Wildman–Crippen MR) is 53.0 cm³/mol. The molecule has 0 radical (unpaired) electrons. The number of likely N-dealkylation sites (tertiary alicyclic amines) is 1. The van der Waals surface area contributed by atoms with Gasteiger partial charge in [0, 0.05) is 25.4 Å². The fourth-order valence-corrected chi connectivity index (χ4v) is 1.69. The van der Waals surface area contributed by atoms with Crippen LogP contribution >= 0.6 is 0 Å². The zero-order valence-corrected chi connectivity index (χ0v) is 8.61. The molecule has 1 atom stereocenters. The van der Waals surface area contributed by atoms with Gasteiger partial charge in [0.1, 0.15) is 0 Å². The molecule has 84 valence electrons. The summed E-state index contributed by atoms with van der Waals surface area (Å²) in [7, 11) is 0. The Labute approximate surface area is 88.4 Å². The molecule has 2 rings (SSSR count). The van der Waals surface area contributed by atoms with E-state index in [1.807, 2.05) is 0 Å². The van der Waals surface area contributed by atoms with Crippen LogP contribution in [0.5, 0.6) is 0 Å². The minimum atomic E-state index is -0.642. The van der Waals surface area contributed by atoms with Gasteiger partial charge in [0.15, 0.2) is 0 Å². The van der Waals surface area contributed by atoms with Gasteiger partial charge < -0.3 is 10.4 Å². The van der Waals surface area contributed by atoms with Gasteiger partial charge in [0.05, 0.1) is 12.6 Å². The van der Waals surface area contributed by atoms with Gasteiger partial charge >= 0.3 is 0 Å². The first kappa shape index (κ1) is 10.6. The molecule has 1 saturated heterocycles. The fourth-order valence-electron chi connectivity index (χ4n) is 1.69. The van der Waals surface area contributed by atoms with Crippen molar-refractivity contribution in [3.63, 3.8) is 0 Å². The van der Waals surface area contributed by atoms with Crippen LogP contribution in [0.2, 0.25) is 0 Å². The van der Waals surface area contributed by atoms with E-state index in [2.05, 4.69) is 5.32 Å². The number of β-amino-alcohol motifs (C(OH)–C–C–N with tert-alkyl or cyclic N) is 1. The van der Waals surface area contributed by atoms with Gasteiger partial charge in [-0.25, -0.2) is 0 Å². The summed E-state index contributed by atoms with van der Waals surface area (Å²) in [6, 6.07) is 0.532. The highest BCUT2D eigenvalue weighted by atomic mass is 16.3. The van der Waals surface area contributed by atoms with E-state index in [9.17, 15) is 14.7 Å². The summed E-state index contributed by atoms with van der Waals surface area (Å²) < 4.78 is 0. The van der Waals surface area contributed by atoms with Crippen molar-refractivity contribution in [3.8, 4) is 0 Å². The zero-order valence-electron chi connectivity index (χ0n) is 8.61. The van der Waals surface area contributed by atoms with Gasteiger partial charge in [-0.3, -0.25) is 14.5 Å². The molecule has 5 heteroatoms. The average molecular weight is 212 g/mol. The molecule has 0 bridgehead atoms. The maximum atomic E-state index is 11.2. The summed E-state index contributed by atoms with van der Waals surface area (Å²) in [6.07, 6.45) is 2.27. The van der Waals surface area contributed by atoms with Crippen molar-refractivity contribution in [2.75, 3.05) is 13.1 Å². The van der Waals surface area contributed by atoms with Crippen molar-refractivity contribution in [3.05, 3.63) is 0 Å². The summed E-state index contributed by atoms with van der Waals surface area (Å²) in [6.45, 7) is 0.596. The Kier molecular flexibility index (Phi) is 3.02. The highest BCUT2D eigenvalue weighted by Crippen LogP contribution is 2.18. The van der Waals surface area contributed by atoms with Crippen LogP contribution in [-0.4, -0.2) is 47.1 Å². The van der Waals surface area contributed by atoms with Crippen LogP contribution < -0.4 is 5.32 Å². The van der Waals surface area contributed by atoms with Gasteiger partial charge in [-0.15, -0.1) is 0 Å². The van der Waals surface area contributed by atoms with E-state index in [1.54, 1.807) is 0 Å². The van der Waals surface area contributed by atoms with Gasteiger partial charge in [0.25, 0.3) is 0 Å². The number of carbonyl (C=O) groups excluding carboxylic acids is 2. The molecule has 1 saturated carbocycles. The molecule has 1 aliphatic carbocycles. The minimum absolute atomic E-state index is 0.136. The molecule has 2 aliphatic rings. The van der Waals surface area contributed by atoms with Crippen LogP contribution in [0.1, 0.15) is 25.7 Å². The monoisotopic (exact) mass is 212 g/mol. The van der Waals surface area contributed by atoms with E-state index < -0.39 is 6.10 Å². The van der Waals surface area contributed by atoms with Crippen LogP contribution in [0.4, 0.5) is 0 Å². The quantitative estimate of drug-likeness (QED) is 0.588. The summed E-state index contributed by atoms with van der Waals surface area (Å²) >= 11 is 0. The van der Waals surface area contributed by atoms with Gasteiger partial charge in [0.2, 0.25) is 11.8 Å². The molecule has 0 aromatic carbocycles. The number of aliphatic hydroxyl groups is 1. The van der Waals surface area contributed by atoms with E-state index in [1.165, 1.54) is 4.90 Å². The van der Waals surface area contributed by atoms with Gasteiger partial charge in [-0.2, -0.15) is 0 Å². The molecule has 0 aromatic heterocycles. The topological polar surface area (TPSA) is 69.6 Å². The van der Waals surface area contributed by atoms with E-state index >= 15 is 0 Å².